The van der Waals surface area contributed by atoms with Crippen molar-refractivity contribution < 1.29 is 5.11 Å². The summed E-state index contributed by atoms with van der Waals surface area (Å²) in [6.45, 7) is 6.70. The van der Waals surface area contributed by atoms with Crippen molar-refractivity contribution in [3.05, 3.63) is 21.9 Å². The Hall–Kier alpha value is -0.860. The number of hydrogen-bond donors (Lipinski definition) is 1. The van der Waals surface area contributed by atoms with Crippen molar-refractivity contribution in [3.8, 4) is 11.8 Å². The Kier molecular flexibility index (Phi) is 8.56. The summed E-state index contributed by atoms with van der Waals surface area (Å²) < 4.78 is 0. The maximum absolute atomic E-state index is 8.72. The van der Waals surface area contributed by atoms with Crippen LogP contribution in [0.2, 0.25) is 0 Å². The summed E-state index contributed by atoms with van der Waals surface area (Å²) in [6.07, 6.45) is 1.73. The van der Waals surface area contributed by atoms with E-state index in [9.17, 15) is 0 Å². The minimum atomic E-state index is 0.138. The third-order valence-corrected chi connectivity index (χ3v) is 3.83. The van der Waals surface area contributed by atoms with E-state index < -0.39 is 0 Å². The molecular formula is C16H26N2OS. The van der Waals surface area contributed by atoms with Crippen LogP contribution in [0.25, 0.3) is 0 Å². The Labute approximate surface area is 127 Å². The second kappa shape index (κ2) is 9.95. The highest BCUT2D eigenvalue weighted by Gasteiger charge is 2.07. The molecule has 4 heteroatoms. The smallest absolute Gasteiger partial charge is 0.0540 e. The quantitative estimate of drug-likeness (QED) is 0.745. The number of aliphatic hydroxyl groups excluding tert-OH is 1. The molecule has 0 saturated carbocycles. The van der Waals surface area contributed by atoms with Crippen LogP contribution in [-0.2, 0) is 6.54 Å². The lowest BCUT2D eigenvalue weighted by atomic mass is 10.3. The Balaban J connectivity index is 2.53. The molecule has 0 bridgehead atoms. The van der Waals surface area contributed by atoms with Crippen LogP contribution in [-0.4, -0.2) is 55.2 Å². The van der Waals surface area contributed by atoms with Gasteiger partial charge in [0.15, 0.2) is 0 Å². The van der Waals surface area contributed by atoms with Gasteiger partial charge >= 0.3 is 0 Å². The molecule has 0 saturated heterocycles. The Morgan fingerprint density at radius 2 is 2.05 bits per heavy atom. The fourth-order valence-electron chi connectivity index (χ4n) is 1.90. The number of likely N-dealkylation sites (N-methyl/N-ethyl adjacent to an activating group) is 1. The van der Waals surface area contributed by atoms with Gasteiger partial charge in [-0.25, -0.2) is 0 Å². The van der Waals surface area contributed by atoms with E-state index in [-0.39, 0.29) is 6.61 Å². The molecule has 1 aromatic rings. The van der Waals surface area contributed by atoms with Crippen LogP contribution >= 0.6 is 11.3 Å². The first-order valence-electron chi connectivity index (χ1n) is 7.20. The van der Waals surface area contributed by atoms with Crippen molar-refractivity contribution in [1.29, 1.82) is 0 Å². The molecule has 1 heterocycles. The number of thiophene rings is 1. The summed E-state index contributed by atoms with van der Waals surface area (Å²) in [5.41, 5.74) is 1.07. The molecule has 1 aromatic heterocycles. The first-order valence-corrected chi connectivity index (χ1v) is 8.08. The zero-order valence-corrected chi connectivity index (χ0v) is 13.7. The standard InChI is InChI=1S/C16H26N2OS/c1-4-8-18(10-9-17(2)3)13-16-12-15(14-20-16)7-5-6-11-19/h12,14,19H,4,6,8-11,13H2,1-3H3. The zero-order chi connectivity index (χ0) is 14.8. The molecule has 0 aromatic carbocycles. The van der Waals surface area contributed by atoms with Crippen molar-refractivity contribution in [2.45, 2.75) is 26.3 Å². The molecule has 0 aliphatic rings. The van der Waals surface area contributed by atoms with Crippen LogP contribution in [0.5, 0.6) is 0 Å². The average Bonchev–Trinajstić information content (AvgIpc) is 2.84. The molecule has 1 N–H and O–H groups in total. The van der Waals surface area contributed by atoms with Gasteiger partial charge in [0, 0.05) is 41.9 Å². The highest BCUT2D eigenvalue weighted by Crippen LogP contribution is 2.16. The van der Waals surface area contributed by atoms with Crippen LogP contribution in [0.4, 0.5) is 0 Å². The molecule has 0 fully saturated rings. The van der Waals surface area contributed by atoms with Crippen molar-refractivity contribution >= 4 is 11.3 Å². The number of rotatable bonds is 8. The van der Waals surface area contributed by atoms with Gasteiger partial charge in [0.1, 0.15) is 0 Å². The summed E-state index contributed by atoms with van der Waals surface area (Å²) in [5.74, 6) is 6.06. The average molecular weight is 294 g/mol. The molecule has 0 radical (unpaired) electrons. The Morgan fingerprint density at radius 1 is 1.25 bits per heavy atom. The minimum Gasteiger partial charge on any atom is -0.395 e. The highest BCUT2D eigenvalue weighted by molar-refractivity contribution is 7.10. The van der Waals surface area contributed by atoms with Gasteiger partial charge in [-0.05, 0) is 33.1 Å². The van der Waals surface area contributed by atoms with Gasteiger partial charge in [-0.1, -0.05) is 18.8 Å². The van der Waals surface area contributed by atoms with Crippen LogP contribution < -0.4 is 0 Å². The van der Waals surface area contributed by atoms with Crippen molar-refractivity contribution in [2.24, 2.45) is 0 Å². The molecule has 3 nitrogen and oxygen atoms in total. The third-order valence-electron chi connectivity index (χ3n) is 2.91. The van der Waals surface area contributed by atoms with E-state index in [1.54, 1.807) is 11.3 Å². The van der Waals surface area contributed by atoms with Crippen LogP contribution in [0.1, 0.15) is 30.2 Å². The topological polar surface area (TPSA) is 26.7 Å². The monoisotopic (exact) mass is 294 g/mol. The molecule has 0 aliphatic heterocycles. The number of aliphatic hydroxyl groups is 1. The Bertz CT molecular complexity index is 431. The van der Waals surface area contributed by atoms with Gasteiger partial charge in [-0.2, -0.15) is 0 Å². The predicted octanol–water partition coefficient (Wildman–Crippen LogP) is 2.26. The molecule has 0 aliphatic carbocycles. The van der Waals surface area contributed by atoms with Gasteiger partial charge in [-0.15, -0.1) is 11.3 Å². The zero-order valence-electron chi connectivity index (χ0n) is 12.9. The van der Waals surface area contributed by atoms with E-state index in [0.29, 0.717) is 6.42 Å². The van der Waals surface area contributed by atoms with E-state index in [1.165, 1.54) is 11.3 Å². The van der Waals surface area contributed by atoms with Crippen molar-refractivity contribution in [1.82, 2.24) is 9.80 Å². The van der Waals surface area contributed by atoms with Gasteiger partial charge in [-0.3, -0.25) is 4.90 Å². The summed E-state index contributed by atoms with van der Waals surface area (Å²) in [7, 11) is 4.23. The summed E-state index contributed by atoms with van der Waals surface area (Å²) >= 11 is 1.78. The lowest BCUT2D eigenvalue weighted by molar-refractivity contribution is 0.235. The van der Waals surface area contributed by atoms with Gasteiger partial charge in [0.05, 0.1) is 6.61 Å². The number of hydrogen-bond acceptors (Lipinski definition) is 4. The van der Waals surface area contributed by atoms with Crippen LogP contribution in [0, 0.1) is 11.8 Å². The number of nitrogens with zero attached hydrogens (tertiary/aromatic N) is 2. The van der Waals surface area contributed by atoms with Crippen LogP contribution in [0.15, 0.2) is 11.4 Å². The lowest BCUT2D eigenvalue weighted by Crippen LogP contribution is -2.31. The van der Waals surface area contributed by atoms with Crippen molar-refractivity contribution in [3.63, 3.8) is 0 Å². The SMILES string of the molecule is CCCN(CCN(C)C)Cc1cc(C#CCCO)cs1. The van der Waals surface area contributed by atoms with Gasteiger partial charge < -0.3 is 10.0 Å². The lowest BCUT2D eigenvalue weighted by Gasteiger charge is -2.22. The first-order chi connectivity index (χ1) is 9.65. The molecule has 0 unspecified atom stereocenters. The van der Waals surface area contributed by atoms with Crippen molar-refractivity contribution in [2.75, 3.05) is 40.3 Å². The fraction of sp³-hybridized carbons (Fsp3) is 0.625. The van der Waals surface area contributed by atoms with E-state index >= 15 is 0 Å². The van der Waals surface area contributed by atoms with Gasteiger partial charge in [0.25, 0.3) is 0 Å². The maximum atomic E-state index is 8.72. The minimum absolute atomic E-state index is 0.138. The fourth-order valence-corrected chi connectivity index (χ4v) is 2.75. The van der Waals surface area contributed by atoms with E-state index in [1.807, 2.05) is 0 Å². The van der Waals surface area contributed by atoms with E-state index in [4.69, 9.17) is 5.11 Å². The van der Waals surface area contributed by atoms with Crippen LogP contribution in [0.3, 0.4) is 0 Å². The molecule has 20 heavy (non-hydrogen) atoms. The largest absolute Gasteiger partial charge is 0.395 e. The maximum Gasteiger partial charge on any atom is 0.0540 e. The molecular weight excluding hydrogens is 268 g/mol. The second-order valence-electron chi connectivity index (χ2n) is 5.16. The molecule has 112 valence electrons. The predicted molar refractivity (Wildman–Crippen MR) is 87.0 cm³/mol. The van der Waals surface area contributed by atoms with Gasteiger partial charge in [0.2, 0.25) is 0 Å². The third kappa shape index (κ3) is 7.06. The van der Waals surface area contributed by atoms with E-state index in [2.05, 4.69) is 54.1 Å². The first kappa shape index (κ1) is 17.2. The highest BCUT2D eigenvalue weighted by atomic mass is 32.1. The summed E-state index contributed by atoms with van der Waals surface area (Å²) in [4.78, 5) is 6.09. The summed E-state index contributed by atoms with van der Waals surface area (Å²) in [6, 6.07) is 2.17. The Morgan fingerprint density at radius 3 is 2.70 bits per heavy atom. The normalized spacial score (nSPS) is 10.9. The molecule has 1 rings (SSSR count). The molecule has 0 amide bonds. The summed E-state index contributed by atoms with van der Waals surface area (Å²) in [5, 5.41) is 10.8. The molecule has 0 atom stereocenters. The van der Waals surface area contributed by atoms with E-state index in [0.717, 1.165) is 31.7 Å². The molecule has 0 spiro atoms. The second-order valence-corrected chi connectivity index (χ2v) is 6.15.